The van der Waals surface area contributed by atoms with Gasteiger partial charge in [0.1, 0.15) is 5.82 Å². The molecule has 0 saturated heterocycles. The predicted molar refractivity (Wildman–Crippen MR) is 83.2 cm³/mol. The van der Waals surface area contributed by atoms with Crippen LogP contribution in [-0.4, -0.2) is 48.3 Å². The molecule has 0 fully saturated rings. The minimum atomic E-state index is 0.402. The third kappa shape index (κ3) is 3.38. The molecule has 0 aliphatic heterocycles. The highest BCUT2D eigenvalue weighted by atomic mass is 16.5. The van der Waals surface area contributed by atoms with Crippen LogP contribution >= 0.6 is 0 Å². The first-order chi connectivity index (χ1) is 9.63. The number of imidazole rings is 1. The lowest BCUT2D eigenvalue weighted by molar-refractivity contribution is 0.139. The number of likely N-dealkylation sites (N-methyl/N-ethyl adjacent to an activating group) is 1. The first-order valence-corrected chi connectivity index (χ1v) is 7.31. The van der Waals surface area contributed by atoms with Gasteiger partial charge in [-0.05, 0) is 33.2 Å². The van der Waals surface area contributed by atoms with Crippen LogP contribution in [-0.2, 0) is 11.3 Å². The third-order valence-electron chi connectivity index (χ3n) is 3.43. The summed E-state index contributed by atoms with van der Waals surface area (Å²) in [6.45, 7) is 7.62. The van der Waals surface area contributed by atoms with E-state index in [1.165, 1.54) is 5.52 Å². The van der Waals surface area contributed by atoms with Crippen LogP contribution in [0.2, 0.25) is 0 Å². The Labute approximate surface area is 121 Å². The van der Waals surface area contributed by atoms with E-state index in [0.29, 0.717) is 5.92 Å². The van der Waals surface area contributed by atoms with Gasteiger partial charge >= 0.3 is 0 Å². The van der Waals surface area contributed by atoms with E-state index in [1.54, 1.807) is 0 Å². The van der Waals surface area contributed by atoms with Crippen molar-refractivity contribution in [3.05, 3.63) is 30.1 Å². The van der Waals surface area contributed by atoms with Crippen LogP contribution in [0, 0.1) is 0 Å². The molecule has 1 aromatic carbocycles. The van der Waals surface area contributed by atoms with Gasteiger partial charge in [0.05, 0.1) is 17.6 Å². The van der Waals surface area contributed by atoms with Crippen molar-refractivity contribution in [1.82, 2.24) is 14.5 Å². The third-order valence-corrected chi connectivity index (χ3v) is 3.43. The van der Waals surface area contributed by atoms with Crippen LogP contribution in [0.15, 0.2) is 24.3 Å². The molecule has 0 radical (unpaired) electrons. The van der Waals surface area contributed by atoms with Crippen molar-refractivity contribution in [2.24, 2.45) is 0 Å². The van der Waals surface area contributed by atoms with Gasteiger partial charge < -0.3 is 14.2 Å². The Bertz CT molecular complexity index is 548. The second kappa shape index (κ2) is 6.86. The summed E-state index contributed by atoms with van der Waals surface area (Å²) in [7, 11) is 4.20. The molecule has 0 saturated carbocycles. The van der Waals surface area contributed by atoms with Gasteiger partial charge in [0.2, 0.25) is 0 Å². The number of ether oxygens (including phenoxy) is 1. The lowest BCUT2D eigenvalue weighted by Gasteiger charge is -2.18. The minimum absolute atomic E-state index is 0.402. The van der Waals surface area contributed by atoms with Gasteiger partial charge in [0, 0.05) is 25.6 Å². The summed E-state index contributed by atoms with van der Waals surface area (Å²) in [6, 6.07) is 8.34. The number of benzene rings is 1. The number of rotatable bonds is 7. The molecule has 110 valence electrons. The van der Waals surface area contributed by atoms with E-state index in [2.05, 4.69) is 48.7 Å². The fourth-order valence-corrected chi connectivity index (χ4v) is 2.63. The summed E-state index contributed by atoms with van der Waals surface area (Å²) < 4.78 is 7.82. The van der Waals surface area contributed by atoms with E-state index in [1.807, 2.05) is 13.0 Å². The monoisotopic (exact) mass is 275 g/mol. The van der Waals surface area contributed by atoms with E-state index in [4.69, 9.17) is 9.72 Å². The Kier molecular flexibility index (Phi) is 5.15. The predicted octanol–water partition coefficient (Wildman–Crippen LogP) is 2.74. The summed E-state index contributed by atoms with van der Waals surface area (Å²) in [4.78, 5) is 7.03. The zero-order valence-corrected chi connectivity index (χ0v) is 13.0. The highest BCUT2D eigenvalue weighted by Gasteiger charge is 2.16. The molecule has 1 aromatic heterocycles. The highest BCUT2D eigenvalue weighted by Crippen LogP contribution is 2.22. The van der Waals surface area contributed by atoms with Crippen molar-refractivity contribution < 1.29 is 4.74 Å². The molecule has 2 rings (SSSR count). The van der Waals surface area contributed by atoms with Crippen LogP contribution in [0.3, 0.4) is 0 Å². The lowest BCUT2D eigenvalue weighted by Crippen LogP contribution is -2.21. The van der Waals surface area contributed by atoms with Crippen molar-refractivity contribution in [3.63, 3.8) is 0 Å². The van der Waals surface area contributed by atoms with Gasteiger partial charge in [-0.25, -0.2) is 4.98 Å². The molecule has 2 aromatic rings. The molecule has 1 heterocycles. The summed E-state index contributed by atoms with van der Waals surface area (Å²) in [6.07, 6.45) is 0. The molecule has 0 aliphatic rings. The maximum atomic E-state index is 5.51. The van der Waals surface area contributed by atoms with Gasteiger partial charge in [-0.3, -0.25) is 0 Å². The molecule has 1 unspecified atom stereocenters. The Morgan fingerprint density at radius 2 is 2.05 bits per heavy atom. The van der Waals surface area contributed by atoms with Crippen molar-refractivity contribution in [3.8, 4) is 0 Å². The maximum Gasteiger partial charge on any atom is 0.114 e. The Hall–Kier alpha value is -1.39. The number of para-hydroxylation sites is 2. The minimum Gasteiger partial charge on any atom is -0.380 e. The molecule has 0 bridgehead atoms. The smallest absolute Gasteiger partial charge is 0.114 e. The quantitative estimate of drug-likeness (QED) is 0.728. The fourth-order valence-electron chi connectivity index (χ4n) is 2.63. The van der Waals surface area contributed by atoms with Crippen LogP contribution in [0.5, 0.6) is 0 Å². The van der Waals surface area contributed by atoms with E-state index in [9.17, 15) is 0 Å². The molecular weight excluding hydrogens is 250 g/mol. The van der Waals surface area contributed by atoms with E-state index in [0.717, 1.165) is 37.6 Å². The van der Waals surface area contributed by atoms with Crippen LogP contribution < -0.4 is 0 Å². The molecule has 4 heteroatoms. The molecule has 4 nitrogen and oxygen atoms in total. The van der Waals surface area contributed by atoms with E-state index < -0.39 is 0 Å². The largest absolute Gasteiger partial charge is 0.380 e. The zero-order valence-electron chi connectivity index (χ0n) is 13.0. The second-order valence-corrected chi connectivity index (χ2v) is 5.47. The number of nitrogens with zero attached hydrogens (tertiary/aromatic N) is 3. The molecular formula is C16H25N3O. The number of aromatic nitrogens is 2. The van der Waals surface area contributed by atoms with Crippen molar-refractivity contribution in [2.75, 3.05) is 33.9 Å². The summed E-state index contributed by atoms with van der Waals surface area (Å²) in [5.41, 5.74) is 2.28. The van der Waals surface area contributed by atoms with Crippen molar-refractivity contribution in [1.29, 1.82) is 0 Å². The number of hydrogen-bond acceptors (Lipinski definition) is 3. The van der Waals surface area contributed by atoms with Crippen LogP contribution in [0.1, 0.15) is 25.6 Å². The van der Waals surface area contributed by atoms with Gasteiger partial charge in [-0.2, -0.15) is 0 Å². The summed E-state index contributed by atoms with van der Waals surface area (Å²) in [5.74, 6) is 1.55. The maximum absolute atomic E-state index is 5.51. The zero-order chi connectivity index (χ0) is 14.5. The molecule has 0 amide bonds. The Balaban J connectivity index is 2.33. The van der Waals surface area contributed by atoms with Gasteiger partial charge in [0.15, 0.2) is 0 Å². The summed E-state index contributed by atoms with van der Waals surface area (Å²) >= 11 is 0. The normalized spacial score (nSPS) is 13.2. The Morgan fingerprint density at radius 3 is 2.75 bits per heavy atom. The number of hydrogen-bond donors (Lipinski definition) is 0. The second-order valence-electron chi connectivity index (χ2n) is 5.47. The first kappa shape index (κ1) is 15.0. The van der Waals surface area contributed by atoms with Crippen molar-refractivity contribution >= 4 is 11.0 Å². The van der Waals surface area contributed by atoms with Crippen LogP contribution in [0.25, 0.3) is 11.0 Å². The molecule has 0 aliphatic carbocycles. The molecule has 0 N–H and O–H groups in total. The average Bonchev–Trinajstić information content (AvgIpc) is 2.78. The van der Waals surface area contributed by atoms with Gasteiger partial charge in [0.25, 0.3) is 0 Å². The SMILES string of the molecule is CCOCCn1c(C(C)CN(C)C)nc2ccccc21. The average molecular weight is 275 g/mol. The summed E-state index contributed by atoms with van der Waals surface area (Å²) in [5, 5.41) is 0. The topological polar surface area (TPSA) is 30.3 Å². The fraction of sp³-hybridized carbons (Fsp3) is 0.562. The van der Waals surface area contributed by atoms with E-state index in [-0.39, 0.29) is 0 Å². The van der Waals surface area contributed by atoms with E-state index >= 15 is 0 Å². The first-order valence-electron chi connectivity index (χ1n) is 7.31. The molecule has 1 atom stereocenters. The lowest BCUT2D eigenvalue weighted by atomic mass is 10.1. The van der Waals surface area contributed by atoms with Crippen molar-refractivity contribution in [2.45, 2.75) is 26.3 Å². The van der Waals surface area contributed by atoms with Gasteiger partial charge in [-0.15, -0.1) is 0 Å². The number of fused-ring (bicyclic) bond motifs is 1. The highest BCUT2D eigenvalue weighted by molar-refractivity contribution is 5.76. The standard InChI is InChI=1S/C16H25N3O/c1-5-20-11-10-19-15-9-7-6-8-14(15)17-16(19)13(2)12-18(3)4/h6-9,13H,5,10-12H2,1-4H3. The molecule has 20 heavy (non-hydrogen) atoms. The van der Waals surface area contributed by atoms with Crippen LogP contribution in [0.4, 0.5) is 0 Å². The van der Waals surface area contributed by atoms with Gasteiger partial charge in [-0.1, -0.05) is 19.1 Å². The molecule has 0 spiro atoms. The Morgan fingerprint density at radius 1 is 1.30 bits per heavy atom.